The van der Waals surface area contributed by atoms with Gasteiger partial charge >= 0.3 is 0 Å². The van der Waals surface area contributed by atoms with Crippen LogP contribution in [0.25, 0.3) is 0 Å². The first-order valence-electron chi connectivity index (χ1n) is 9.92. The number of hydrogen-bond donors (Lipinski definition) is 1. The highest BCUT2D eigenvalue weighted by Gasteiger charge is 2.42. The van der Waals surface area contributed by atoms with Crippen LogP contribution in [-0.2, 0) is 9.53 Å². The Morgan fingerprint density at radius 1 is 1.12 bits per heavy atom. The molecule has 26 heavy (non-hydrogen) atoms. The summed E-state index contributed by atoms with van der Waals surface area (Å²) in [6.45, 7) is 9.63. The molecule has 154 valence electrons. The molecule has 5 nitrogen and oxygen atoms in total. The number of likely N-dealkylation sites (tertiary alicyclic amines) is 2. The van der Waals surface area contributed by atoms with Crippen LogP contribution in [0.15, 0.2) is 0 Å². The first-order valence-corrected chi connectivity index (χ1v) is 9.92. The molecule has 1 unspecified atom stereocenters. The molecule has 3 fully saturated rings. The first kappa shape index (κ1) is 24.0. The molecule has 3 rings (SSSR count). The van der Waals surface area contributed by atoms with Gasteiger partial charge in [0.25, 0.3) is 0 Å². The molecule has 1 atom stereocenters. The van der Waals surface area contributed by atoms with E-state index in [2.05, 4.69) is 16.7 Å². The molecule has 0 spiro atoms. The number of hydrogen-bond acceptors (Lipinski definition) is 4. The molecule has 3 aliphatic rings. The normalized spacial score (nSPS) is 27.3. The molecule has 0 aromatic rings. The molecule has 0 bridgehead atoms. The van der Waals surface area contributed by atoms with Gasteiger partial charge in [-0.15, -0.1) is 24.8 Å². The van der Waals surface area contributed by atoms with Crippen molar-refractivity contribution in [3.05, 3.63) is 0 Å². The van der Waals surface area contributed by atoms with Gasteiger partial charge in [0.1, 0.15) is 0 Å². The molecule has 0 aromatic heterocycles. The van der Waals surface area contributed by atoms with E-state index >= 15 is 0 Å². The van der Waals surface area contributed by atoms with Gasteiger partial charge in [-0.2, -0.15) is 0 Å². The molecule has 3 heterocycles. The molecule has 0 aliphatic carbocycles. The third-order valence-corrected chi connectivity index (χ3v) is 6.49. The molecular formula is C19H37Cl2N3O2. The Labute approximate surface area is 171 Å². The summed E-state index contributed by atoms with van der Waals surface area (Å²) in [6, 6.07) is 0. The Balaban J connectivity index is 0.00000169. The summed E-state index contributed by atoms with van der Waals surface area (Å²) in [6.07, 6.45) is 6.62. The zero-order valence-corrected chi connectivity index (χ0v) is 17.8. The second-order valence-corrected chi connectivity index (χ2v) is 8.34. The number of halogens is 2. The molecule has 0 aromatic carbocycles. The fraction of sp³-hybridized carbons (Fsp3) is 0.947. The second-order valence-electron chi connectivity index (χ2n) is 8.34. The highest BCUT2D eigenvalue weighted by Crippen LogP contribution is 2.33. The summed E-state index contributed by atoms with van der Waals surface area (Å²) >= 11 is 0. The van der Waals surface area contributed by atoms with Crippen molar-refractivity contribution >= 4 is 30.7 Å². The summed E-state index contributed by atoms with van der Waals surface area (Å²) in [5.74, 6) is 1.81. The van der Waals surface area contributed by atoms with Gasteiger partial charge in [0.15, 0.2) is 0 Å². The number of nitrogens with zero attached hydrogens (tertiary/aromatic N) is 2. The lowest BCUT2D eigenvalue weighted by atomic mass is 9.78. The smallest absolute Gasteiger partial charge is 0.230 e. The van der Waals surface area contributed by atoms with Crippen molar-refractivity contribution in [1.82, 2.24) is 9.80 Å². The predicted octanol–water partition coefficient (Wildman–Crippen LogP) is 2.56. The van der Waals surface area contributed by atoms with Crippen LogP contribution in [0.4, 0.5) is 0 Å². The second kappa shape index (κ2) is 11.1. The van der Waals surface area contributed by atoms with Crippen molar-refractivity contribution in [3.8, 4) is 0 Å². The highest BCUT2D eigenvalue weighted by atomic mass is 35.5. The van der Waals surface area contributed by atoms with Crippen molar-refractivity contribution in [2.45, 2.75) is 45.4 Å². The molecule has 1 amide bonds. The van der Waals surface area contributed by atoms with E-state index in [-0.39, 0.29) is 30.2 Å². The minimum Gasteiger partial charge on any atom is -0.381 e. The van der Waals surface area contributed by atoms with Gasteiger partial charge in [-0.25, -0.2) is 0 Å². The lowest BCUT2D eigenvalue weighted by Crippen LogP contribution is -2.54. The van der Waals surface area contributed by atoms with Crippen LogP contribution in [0.2, 0.25) is 0 Å². The molecule has 3 saturated heterocycles. The lowest BCUT2D eigenvalue weighted by Gasteiger charge is -2.43. The topological polar surface area (TPSA) is 58.8 Å². The van der Waals surface area contributed by atoms with E-state index in [0.29, 0.717) is 31.6 Å². The quantitative estimate of drug-likeness (QED) is 0.774. The number of nitrogens with two attached hydrogens (primary N) is 1. The molecule has 0 saturated carbocycles. The van der Waals surface area contributed by atoms with Crippen molar-refractivity contribution in [2.24, 2.45) is 23.0 Å². The Morgan fingerprint density at radius 3 is 2.38 bits per heavy atom. The fourth-order valence-electron chi connectivity index (χ4n) is 4.61. The largest absolute Gasteiger partial charge is 0.381 e. The van der Waals surface area contributed by atoms with Crippen LogP contribution in [0.5, 0.6) is 0 Å². The Kier molecular flexibility index (Phi) is 10.2. The van der Waals surface area contributed by atoms with Gasteiger partial charge in [0.05, 0.1) is 5.41 Å². The van der Waals surface area contributed by atoms with Crippen LogP contribution >= 0.6 is 24.8 Å². The number of carbonyl (C=O) groups excluding carboxylic acids is 1. The van der Waals surface area contributed by atoms with Gasteiger partial charge in [-0.05, 0) is 63.5 Å². The Morgan fingerprint density at radius 2 is 1.77 bits per heavy atom. The van der Waals surface area contributed by atoms with E-state index in [4.69, 9.17) is 10.5 Å². The zero-order chi connectivity index (χ0) is 17.0. The zero-order valence-electron chi connectivity index (χ0n) is 16.2. The summed E-state index contributed by atoms with van der Waals surface area (Å²) < 4.78 is 5.46. The van der Waals surface area contributed by atoms with Gasteiger partial charge in [-0.3, -0.25) is 4.79 Å². The fourth-order valence-corrected chi connectivity index (χ4v) is 4.61. The lowest BCUT2D eigenvalue weighted by molar-refractivity contribution is -0.149. The van der Waals surface area contributed by atoms with Crippen LogP contribution in [0, 0.1) is 17.3 Å². The molecule has 7 heteroatoms. The predicted molar refractivity (Wildman–Crippen MR) is 110 cm³/mol. The summed E-state index contributed by atoms with van der Waals surface area (Å²) in [4.78, 5) is 17.9. The Bertz CT molecular complexity index is 425. The van der Waals surface area contributed by atoms with Crippen molar-refractivity contribution in [2.75, 3.05) is 52.5 Å². The van der Waals surface area contributed by atoms with Crippen molar-refractivity contribution in [3.63, 3.8) is 0 Å². The Hall–Kier alpha value is -0.0700. The van der Waals surface area contributed by atoms with Crippen LogP contribution < -0.4 is 5.73 Å². The number of piperidine rings is 2. The monoisotopic (exact) mass is 409 g/mol. The van der Waals surface area contributed by atoms with E-state index in [1.807, 2.05) is 0 Å². The maximum atomic E-state index is 13.2. The minimum absolute atomic E-state index is 0. The number of amides is 1. The molecule has 3 aliphatic heterocycles. The SMILES string of the molecule is CC1CCN(CC2CCCN(C(=O)C3(CN)CCOCC3)C2)CC1.Cl.Cl. The standard InChI is InChI=1S/C19H35N3O2.2ClH/c1-16-4-9-21(10-5-16)13-17-3-2-8-22(14-17)18(23)19(15-20)6-11-24-12-7-19;;/h16-17H,2-15,20H2,1H3;2*1H. The van der Waals surface area contributed by atoms with Crippen LogP contribution in [0.3, 0.4) is 0 Å². The number of ether oxygens (including phenoxy) is 1. The van der Waals surface area contributed by atoms with Gasteiger partial charge in [0.2, 0.25) is 5.91 Å². The highest BCUT2D eigenvalue weighted by molar-refractivity contribution is 5.85. The third-order valence-electron chi connectivity index (χ3n) is 6.49. The summed E-state index contributed by atoms with van der Waals surface area (Å²) in [5.41, 5.74) is 5.67. The maximum Gasteiger partial charge on any atom is 0.230 e. The van der Waals surface area contributed by atoms with Crippen LogP contribution in [0.1, 0.15) is 45.4 Å². The molecular weight excluding hydrogens is 373 g/mol. The minimum atomic E-state index is -0.360. The van der Waals surface area contributed by atoms with E-state index < -0.39 is 0 Å². The summed E-state index contributed by atoms with van der Waals surface area (Å²) in [7, 11) is 0. The third kappa shape index (κ3) is 5.71. The number of carbonyl (C=O) groups is 1. The van der Waals surface area contributed by atoms with Crippen molar-refractivity contribution < 1.29 is 9.53 Å². The van der Waals surface area contributed by atoms with Gasteiger partial charge in [-0.1, -0.05) is 6.92 Å². The van der Waals surface area contributed by atoms with E-state index in [1.54, 1.807) is 0 Å². The average molecular weight is 410 g/mol. The van der Waals surface area contributed by atoms with Crippen LogP contribution in [-0.4, -0.2) is 68.2 Å². The van der Waals surface area contributed by atoms with E-state index in [1.165, 1.54) is 32.4 Å². The van der Waals surface area contributed by atoms with Crippen molar-refractivity contribution in [1.29, 1.82) is 0 Å². The first-order chi connectivity index (χ1) is 11.6. The summed E-state index contributed by atoms with van der Waals surface area (Å²) in [5, 5.41) is 0. The molecule has 2 N–H and O–H groups in total. The van der Waals surface area contributed by atoms with E-state index in [0.717, 1.165) is 44.8 Å². The molecule has 0 radical (unpaired) electrons. The van der Waals surface area contributed by atoms with Gasteiger partial charge in [0, 0.05) is 39.4 Å². The maximum absolute atomic E-state index is 13.2. The van der Waals surface area contributed by atoms with Gasteiger partial charge < -0.3 is 20.3 Å². The number of rotatable bonds is 4. The average Bonchev–Trinajstić information content (AvgIpc) is 2.64. The van der Waals surface area contributed by atoms with E-state index in [9.17, 15) is 4.79 Å².